The average Bonchev–Trinajstić information content (AvgIpc) is 2.47. The first-order valence-corrected chi connectivity index (χ1v) is 6.94. The number of aromatic amines is 1. The smallest absolute Gasteiger partial charge is 0.258 e. The Balaban J connectivity index is 1.86. The maximum absolute atomic E-state index is 12.0. The van der Waals surface area contributed by atoms with Gasteiger partial charge in [0.25, 0.3) is 5.56 Å². The number of benzene rings is 2. The third-order valence-electron chi connectivity index (χ3n) is 2.91. The van der Waals surface area contributed by atoms with Gasteiger partial charge >= 0.3 is 0 Å². The summed E-state index contributed by atoms with van der Waals surface area (Å²) in [6.07, 6.45) is 0. The van der Waals surface area contributed by atoms with Gasteiger partial charge in [-0.1, -0.05) is 23.2 Å². The maximum atomic E-state index is 12.0. The molecular weight excluding hydrogens is 311 g/mol. The summed E-state index contributed by atoms with van der Waals surface area (Å²) in [6, 6.07) is 12.0. The lowest BCUT2D eigenvalue weighted by molar-refractivity contribution is 0.296. The first-order chi connectivity index (χ1) is 10.1. The number of hydrogen-bond donors (Lipinski definition) is 1. The molecule has 0 spiro atoms. The second-order valence-electron chi connectivity index (χ2n) is 4.42. The SMILES string of the molecule is O=c1[nH]c(COc2ccc(Cl)cc2)nc2ccc(Cl)cc12. The van der Waals surface area contributed by atoms with E-state index in [4.69, 9.17) is 27.9 Å². The summed E-state index contributed by atoms with van der Waals surface area (Å²) in [4.78, 5) is 19.0. The topological polar surface area (TPSA) is 55.0 Å². The van der Waals surface area contributed by atoms with Crippen molar-refractivity contribution in [3.63, 3.8) is 0 Å². The van der Waals surface area contributed by atoms with E-state index in [2.05, 4.69) is 9.97 Å². The number of aromatic nitrogens is 2. The van der Waals surface area contributed by atoms with Crippen LogP contribution in [0.5, 0.6) is 5.75 Å². The Morgan fingerprint density at radius 1 is 1.05 bits per heavy atom. The molecule has 21 heavy (non-hydrogen) atoms. The average molecular weight is 321 g/mol. The highest BCUT2D eigenvalue weighted by molar-refractivity contribution is 6.31. The van der Waals surface area contributed by atoms with Crippen molar-refractivity contribution in [2.45, 2.75) is 6.61 Å². The largest absolute Gasteiger partial charge is 0.486 e. The molecule has 0 radical (unpaired) electrons. The predicted molar refractivity (Wildman–Crippen MR) is 83.2 cm³/mol. The lowest BCUT2D eigenvalue weighted by atomic mass is 10.2. The Morgan fingerprint density at radius 3 is 2.52 bits per heavy atom. The zero-order chi connectivity index (χ0) is 14.8. The van der Waals surface area contributed by atoms with Gasteiger partial charge in [-0.05, 0) is 42.5 Å². The van der Waals surface area contributed by atoms with E-state index >= 15 is 0 Å². The minimum atomic E-state index is -0.239. The number of H-pyrrole nitrogens is 1. The molecule has 3 rings (SSSR count). The normalized spacial score (nSPS) is 10.8. The van der Waals surface area contributed by atoms with Crippen LogP contribution in [0, 0.1) is 0 Å². The third-order valence-corrected chi connectivity index (χ3v) is 3.39. The first kappa shape index (κ1) is 13.9. The lowest BCUT2D eigenvalue weighted by Crippen LogP contribution is -2.13. The second kappa shape index (κ2) is 5.76. The van der Waals surface area contributed by atoms with Crippen molar-refractivity contribution in [2.75, 3.05) is 0 Å². The van der Waals surface area contributed by atoms with Crippen LogP contribution in [0.4, 0.5) is 0 Å². The molecule has 0 aliphatic heterocycles. The molecular formula is C15H10Cl2N2O2. The molecule has 0 fully saturated rings. The van der Waals surface area contributed by atoms with Crippen LogP contribution in [0.15, 0.2) is 47.3 Å². The van der Waals surface area contributed by atoms with Crippen LogP contribution in [-0.2, 0) is 6.61 Å². The summed E-state index contributed by atoms with van der Waals surface area (Å²) < 4.78 is 5.56. The summed E-state index contributed by atoms with van der Waals surface area (Å²) in [7, 11) is 0. The van der Waals surface area contributed by atoms with Crippen LogP contribution >= 0.6 is 23.2 Å². The molecule has 1 heterocycles. The highest BCUT2D eigenvalue weighted by atomic mass is 35.5. The summed E-state index contributed by atoms with van der Waals surface area (Å²) in [6.45, 7) is 0.162. The summed E-state index contributed by atoms with van der Waals surface area (Å²) in [5, 5.41) is 1.59. The van der Waals surface area contributed by atoms with Gasteiger partial charge in [0.05, 0.1) is 10.9 Å². The van der Waals surface area contributed by atoms with Gasteiger partial charge in [0, 0.05) is 10.0 Å². The van der Waals surface area contributed by atoms with Gasteiger partial charge in [-0.15, -0.1) is 0 Å². The van der Waals surface area contributed by atoms with Crippen molar-refractivity contribution in [2.24, 2.45) is 0 Å². The molecule has 106 valence electrons. The molecule has 0 saturated heterocycles. The predicted octanol–water partition coefficient (Wildman–Crippen LogP) is 3.81. The van der Waals surface area contributed by atoms with E-state index in [1.54, 1.807) is 42.5 Å². The van der Waals surface area contributed by atoms with Gasteiger partial charge in [0.2, 0.25) is 0 Å². The summed E-state index contributed by atoms with van der Waals surface area (Å²) in [5.74, 6) is 1.10. The maximum Gasteiger partial charge on any atom is 0.258 e. The fourth-order valence-corrected chi connectivity index (χ4v) is 2.21. The van der Waals surface area contributed by atoms with Crippen LogP contribution in [0.1, 0.15) is 5.82 Å². The monoisotopic (exact) mass is 320 g/mol. The number of rotatable bonds is 3. The molecule has 0 amide bonds. The number of halogens is 2. The second-order valence-corrected chi connectivity index (χ2v) is 5.29. The molecule has 0 saturated carbocycles. The molecule has 3 aromatic rings. The van der Waals surface area contributed by atoms with Crippen LogP contribution < -0.4 is 10.3 Å². The van der Waals surface area contributed by atoms with Crippen LogP contribution in [0.3, 0.4) is 0 Å². The number of ether oxygens (including phenoxy) is 1. The number of hydrogen-bond acceptors (Lipinski definition) is 3. The molecule has 0 atom stereocenters. The summed E-state index contributed by atoms with van der Waals surface area (Å²) in [5.41, 5.74) is 0.343. The van der Waals surface area contributed by atoms with E-state index in [-0.39, 0.29) is 12.2 Å². The standard InChI is InChI=1S/C15H10Cl2N2O2/c16-9-1-4-11(5-2-9)21-8-14-18-13-6-3-10(17)7-12(13)15(20)19-14/h1-7H,8H2,(H,18,19,20). The minimum absolute atomic E-state index is 0.162. The first-order valence-electron chi connectivity index (χ1n) is 6.19. The zero-order valence-corrected chi connectivity index (χ0v) is 12.3. The van der Waals surface area contributed by atoms with Crippen molar-refractivity contribution in [1.82, 2.24) is 9.97 Å². The number of fused-ring (bicyclic) bond motifs is 1. The number of nitrogens with zero attached hydrogens (tertiary/aromatic N) is 1. The molecule has 1 aromatic heterocycles. The molecule has 4 nitrogen and oxygen atoms in total. The fourth-order valence-electron chi connectivity index (χ4n) is 1.91. The zero-order valence-electron chi connectivity index (χ0n) is 10.8. The molecule has 0 aliphatic carbocycles. The van der Waals surface area contributed by atoms with Crippen molar-refractivity contribution in [3.05, 3.63) is 68.7 Å². The molecule has 0 aliphatic rings. The van der Waals surface area contributed by atoms with Gasteiger partial charge in [0.15, 0.2) is 0 Å². The van der Waals surface area contributed by atoms with E-state index in [1.165, 1.54) is 0 Å². The lowest BCUT2D eigenvalue weighted by Gasteiger charge is -2.06. The van der Waals surface area contributed by atoms with Crippen molar-refractivity contribution < 1.29 is 4.74 Å². The highest BCUT2D eigenvalue weighted by Gasteiger charge is 2.05. The van der Waals surface area contributed by atoms with E-state index < -0.39 is 0 Å². The van der Waals surface area contributed by atoms with Crippen molar-refractivity contribution in [1.29, 1.82) is 0 Å². The summed E-state index contributed by atoms with van der Waals surface area (Å²) >= 11 is 11.7. The molecule has 1 N–H and O–H groups in total. The van der Waals surface area contributed by atoms with Gasteiger partial charge < -0.3 is 9.72 Å². The Labute approximate surface area is 130 Å². The van der Waals surface area contributed by atoms with E-state index in [0.717, 1.165) is 0 Å². The quantitative estimate of drug-likeness (QED) is 0.798. The van der Waals surface area contributed by atoms with Gasteiger partial charge in [-0.2, -0.15) is 0 Å². The van der Waals surface area contributed by atoms with Crippen LogP contribution in [0.25, 0.3) is 10.9 Å². The van der Waals surface area contributed by atoms with Gasteiger partial charge in [-0.25, -0.2) is 4.98 Å². The Hall–Kier alpha value is -2.04. The number of nitrogens with one attached hydrogen (secondary N) is 1. The molecule has 2 aromatic carbocycles. The fraction of sp³-hybridized carbons (Fsp3) is 0.0667. The van der Waals surface area contributed by atoms with Gasteiger partial charge in [-0.3, -0.25) is 4.79 Å². The van der Waals surface area contributed by atoms with E-state index in [0.29, 0.717) is 32.5 Å². The van der Waals surface area contributed by atoms with Crippen molar-refractivity contribution >= 4 is 34.1 Å². The Morgan fingerprint density at radius 2 is 1.76 bits per heavy atom. The molecule has 6 heteroatoms. The molecule has 0 bridgehead atoms. The third kappa shape index (κ3) is 3.17. The van der Waals surface area contributed by atoms with E-state index in [1.807, 2.05) is 0 Å². The Kier molecular flexibility index (Phi) is 3.82. The molecule has 0 unspecified atom stereocenters. The highest BCUT2D eigenvalue weighted by Crippen LogP contribution is 2.17. The van der Waals surface area contributed by atoms with Crippen LogP contribution in [-0.4, -0.2) is 9.97 Å². The van der Waals surface area contributed by atoms with Crippen LogP contribution in [0.2, 0.25) is 10.0 Å². The Bertz CT molecular complexity index is 844. The van der Waals surface area contributed by atoms with Crippen molar-refractivity contribution in [3.8, 4) is 5.75 Å². The minimum Gasteiger partial charge on any atom is -0.486 e. The van der Waals surface area contributed by atoms with Gasteiger partial charge in [0.1, 0.15) is 18.2 Å². The van der Waals surface area contributed by atoms with E-state index in [9.17, 15) is 4.79 Å².